The van der Waals surface area contributed by atoms with Crippen molar-refractivity contribution in [3.8, 4) is 5.69 Å². The molecule has 220 valence electrons. The summed E-state index contributed by atoms with van der Waals surface area (Å²) in [5.41, 5.74) is 1.94. The normalized spacial score (nSPS) is 12.2. The number of para-hydroxylation sites is 2. The van der Waals surface area contributed by atoms with Gasteiger partial charge in [-0.15, -0.1) is 0 Å². The quantitative estimate of drug-likeness (QED) is 0.202. The number of carbonyl (C=O) groups excluding carboxylic acids is 1. The maximum absolute atomic E-state index is 14.0. The van der Waals surface area contributed by atoms with Crippen LogP contribution in [-0.4, -0.2) is 27.0 Å². The monoisotopic (exact) mass is 584 g/mol. The third kappa shape index (κ3) is 6.45. The number of fused-ring (bicyclic) bond motifs is 1. The van der Waals surface area contributed by atoms with Gasteiger partial charge in [0.15, 0.2) is 0 Å². The molecule has 0 radical (unpaired) electrons. The highest BCUT2D eigenvalue weighted by molar-refractivity contribution is 5.89. The zero-order chi connectivity index (χ0) is 30.6. The van der Waals surface area contributed by atoms with Gasteiger partial charge in [0.25, 0.3) is 5.56 Å². The number of aryl methyl sites for hydroxylation is 1. The number of carbonyl (C=O) groups is 1. The Bertz CT molecular complexity index is 1800. The van der Waals surface area contributed by atoms with E-state index in [1.165, 1.54) is 17.0 Å². The maximum atomic E-state index is 14.0. The molecule has 5 rings (SSSR count). The molecule has 4 aromatic carbocycles. The van der Waals surface area contributed by atoms with Gasteiger partial charge < -0.3 is 10.2 Å². The number of hydrogen-bond donors (Lipinski definition) is 1. The summed E-state index contributed by atoms with van der Waals surface area (Å²) in [6.07, 6.45) is -3.42. The molecule has 43 heavy (non-hydrogen) atoms. The molecule has 0 aliphatic carbocycles. The Morgan fingerprint density at radius 3 is 2.37 bits per heavy atom. The van der Waals surface area contributed by atoms with E-state index in [1.54, 1.807) is 35.8 Å². The van der Waals surface area contributed by atoms with Gasteiger partial charge in [-0.2, -0.15) is 13.2 Å². The number of hydrogen-bond acceptors (Lipinski definition) is 3. The molecule has 5 aromatic rings. The SMILES string of the molecule is CCc1ccccc1-n1c(C(C)N(CCc2ccccc2)C(=O)Nc2cccc(C(F)(F)F)c2)nc2ccccc2c1=O. The number of anilines is 1. The van der Waals surface area contributed by atoms with Gasteiger partial charge in [-0.3, -0.25) is 9.36 Å². The van der Waals surface area contributed by atoms with Crippen molar-refractivity contribution in [3.63, 3.8) is 0 Å². The van der Waals surface area contributed by atoms with Crippen LogP contribution >= 0.6 is 0 Å². The summed E-state index contributed by atoms with van der Waals surface area (Å²) >= 11 is 0. The minimum atomic E-state index is -4.56. The van der Waals surface area contributed by atoms with Gasteiger partial charge in [-0.05, 0) is 67.3 Å². The van der Waals surface area contributed by atoms with Gasteiger partial charge in [0, 0.05) is 12.2 Å². The Kier molecular flexibility index (Phi) is 8.61. The number of aromatic nitrogens is 2. The minimum Gasteiger partial charge on any atom is -0.314 e. The minimum absolute atomic E-state index is 0.0110. The number of rotatable bonds is 8. The summed E-state index contributed by atoms with van der Waals surface area (Å²) in [5.74, 6) is 0.344. The fourth-order valence-corrected chi connectivity index (χ4v) is 5.16. The number of alkyl halides is 3. The van der Waals surface area contributed by atoms with Crippen LogP contribution in [0.15, 0.2) is 108 Å². The molecule has 0 spiro atoms. The van der Waals surface area contributed by atoms with E-state index in [2.05, 4.69) is 5.32 Å². The lowest BCUT2D eigenvalue weighted by molar-refractivity contribution is -0.137. The summed E-state index contributed by atoms with van der Waals surface area (Å²) in [6.45, 7) is 3.99. The van der Waals surface area contributed by atoms with Crippen molar-refractivity contribution >= 4 is 22.6 Å². The summed E-state index contributed by atoms with van der Waals surface area (Å²) in [4.78, 5) is 34.3. The Balaban J connectivity index is 1.61. The molecule has 0 saturated heterocycles. The van der Waals surface area contributed by atoms with E-state index in [4.69, 9.17) is 4.98 Å². The van der Waals surface area contributed by atoms with Crippen LogP contribution in [0, 0.1) is 0 Å². The van der Waals surface area contributed by atoms with Gasteiger partial charge in [0.05, 0.1) is 28.2 Å². The highest BCUT2D eigenvalue weighted by Gasteiger charge is 2.31. The number of benzene rings is 4. The number of halogens is 3. The molecule has 1 aromatic heterocycles. The topological polar surface area (TPSA) is 67.2 Å². The van der Waals surface area contributed by atoms with E-state index in [9.17, 15) is 22.8 Å². The van der Waals surface area contributed by atoms with Crippen LogP contribution < -0.4 is 10.9 Å². The van der Waals surface area contributed by atoms with Gasteiger partial charge in [-0.1, -0.05) is 73.7 Å². The molecule has 1 N–H and O–H groups in total. The van der Waals surface area contributed by atoms with Crippen molar-refractivity contribution in [2.24, 2.45) is 0 Å². The summed E-state index contributed by atoms with van der Waals surface area (Å²) in [7, 11) is 0. The Hall–Kier alpha value is -4.92. The van der Waals surface area contributed by atoms with Crippen LogP contribution in [0.2, 0.25) is 0 Å². The first kappa shape index (κ1) is 29.6. The van der Waals surface area contributed by atoms with Crippen molar-refractivity contribution in [2.75, 3.05) is 11.9 Å². The van der Waals surface area contributed by atoms with Crippen molar-refractivity contribution < 1.29 is 18.0 Å². The second-order valence-corrected chi connectivity index (χ2v) is 10.2. The van der Waals surface area contributed by atoms with Crippen LogP contribution in [0.5, 0.6) is 0 Å². The largest absolute Gasteiger partial charge is 0.416 e. The first-order chi connectivity index (χ1) is 20.7. The number of nitrogens with zero attached hydrogens (tertiary/aromatic N) is 3. The smallest absolute Gasteiger partial charge is 0.314 e. The van der Waals surface area contributed by atoms with Gasteiger partial charge >= 0.3 is 12.2 Å². The van der Waals surface area contributed by atoms with Crippen LogP contribution in [0.25, 0.3) is 16.6 Å². The van der Waals surface area contributed by atoms with Crippen LogP contribution in [0.1, 0.15) is 42.4 Å². The third-order valence-corrected chi connectivity index (χ3v) is 7.44. The zero-order valence-corrected chi connectivity index (χ0v) is 23.8. The lowest BCUT2D eigenvalue weighted by atomic mass is 10.1. The molecule has 9 heteroatoms. The van der Waals surface area contributed by atoms with Crippen LogP contribution in [-0.2, 0) is 19.0 Å². The van der Waals surface area contributed by atoms with Crippen LogP contribution in [0.3, 0.4) is 0 Å². The lowest BCUT2D eigenvalue weighted by Gasteiger charge is -2.31. The van der Waals surface area contributed by atoms with Crippen molar-refractivity contribution in [1.82, 2.24) is 14.5 Å². The van der Waals surface area contributed by atoms with Crippen molar-refractivity contribution in [1.29, 1.82) is 0 Å². The Labute approximate surface area is 247 Å². The van der Waals surface area contributed by atoms with Crippen molar-refractivity contribution in [3.05, 3.63) is 136 Å². The third-order valence-electron chi connectivity index (χ3n) is 7.44. The summed E-state index contributed by atoms with van der Waals surface area (Å²) in [5, 5.41) is 3.09. The molecule has 6 nitrogen and oxygen atoms in total. The fraction of sp³-hybridized carbons (Fsp3) is 0.206. The Morgan fingerprint density at radius 1 is 0.930 bits per heavy atom. The number of amides is 2. The molecular formula is C34H31F3N4O2. The molecule has 0 aliphatic heterocycles. The molecule has 1 atom stereocenters. The fourth-order valence-electron chi connectivity index (χ4n) is 5.16. The summed E-state index contributed by atoms with van der Waals surface area (Å²) in [6, 6.07) is 27.3. The standard InChI is InChI=1S/C34H31F3N4O2/c1-3-25-14-7-10-19-30(25)41-31(39-29-18-9-8-17-28(29)32(41)42)23(2)40(21-20-24-12-5-4-6-13-24)33(43)38-27-16-11-15-26(22-27)34(35,36)37/h4-19,22-23H,3,20-21H2,1-2H3,(H,38,43). The second-order valence-electron chi connectivity index (χ2n) is 10.2. The zero-order valence-electron chi connectivity index (χ0n) is 23.8. The number of nitrogens with one attached hydrogen (secondary N) is 1. The van der Waals surface area contributed by atoms with Gasteiger partial charge in [0.1, 0.15) is 5.82 Å². The highest BCUT2D eigenvalue weighted by atomic mass is 19.4. The molecular weight excluding hydrogens is 553 g/mol. The first-order valence-electron chi connectivity index (χ1n) is 14.1. The van der Waals surface area contributed by atoms with Crippen molar-refractivity contribution in [2.45, 2.75) is 38.9 Å². The van der Waals surface area contributed by atoms with Crippen LogP contribution in [0.4, 0.5) is 23.7 Å². The molecule has 1 unspecified atom stereocenters. The summed E-state index contributed by atoms with van der Waals surface area (Å²) < 4.78 is 41.7. The predicted molar refractivity (Wildman–Crippen MR) is 162 cm³/mol. The maximum Gasteiger partial charge on any atom is 0.416 e. The van der Waals surface area contributed by atoms with Gasteiger partial charge in [0.2, 0.25) is 0 Å². The molecule has 0 aliphatic rings. The molecule has 0 fully saturated rings. The van der Waals surface area contributed by atoms with Gasteiger partial charge in [-0.25, -0.2) is 9.78 Å². The van der Waals surface area contributed by atoms with E-state index in [0.717, 1.165) is 23.3 Å². The molecule has 2 amide bonds. The first-order valence-corrected chi connectivity index (χ1v) is 14.1. The molecule has 0 bridgehead atoms. The average molecular weight is 585 g/mol. The Morgan fingerprint density at radius 2 is 1.63 bits per heavy atom. The highest BCUT2D eigenvalue weighted by Crippen LogP contribution is 2.31. The van der Waals surface area contributed by atoms with E-state index in [-0.39, 0.29) is 17.8 Å². The number of urea groups is 1. The molecule has 1 heterocycles. The average Bonchev–Trinajstić information content (AvgIpc) is 3.01. The van der Waals surface area contributed by atoms with E-state index >= 15 is 0 Å². The predicted octanol–water partition coefficient (Wildman–Crippen LogP) is 7.80. The molecule has 0 saturated carbocycles. The van der Waals surface area contributed by atoms with E-state index in [0.29, 0.717) is 35.3 Å². The lowest BCUT2D eigenvalue weighted by Crippen LogP contribution is -2.41. The second kappa shape index (κ2) is 12.5. The van der Waals surface area contributed by atoms with E-state index < -0.39 is 23.8 Å². The van der Waals surface area contributed by atoms with E-state index in [1.807, 2.05) is 61.5 Å².